The number of piperidine rings is 1. The summed E-state index contributed by atoms with van der Waals surface area (Å²) < 4.78 is 0. The highest BCUT2D eigenvalue weighted by Crippen LogP contribution is 2.41. The van der Waals surface area contributed by atoms with Crippen LogP contribution in [0, 0.1) is 5.92 Å². The maximum atomic E-state index is 11.7. The lowest BCUT2D eigenvalue weighted by atomic mass is 9.76. The van der Waals surface area contributed by atoms with Gasteiger partial charge >= 0.3 is 0 Å². The van der Waals surface area contributed by atoms with Crippen molar-refractivity contribution in [2.24, 2.45) is 5.92 Å². The molecule has 1 N–H and O–H groups in total. The molecule has 74 valence electrons. The molecule has 1 saturated carbocycles. The molecule has 2 rings (SSSR count). The molecule has 0 radical (unpaired) electrons. The fourth-order valence-electron chi connectivity index (χ4n) is 2.63. The first-order chi connectivity index (χ1) is 6.12. The Morgan fingerprint density at radius 1 is 1.54 bits per heavy atom. The van der Waals surface area contributed by atoms with E-state index in [1.807, 2.05) is 6.92 Å². The van der Waals surface area contributed by atoms with E-state index in [0.29, 0.717) is 12.2 Å². The first-order valence-corrected chi connectivity index (χ1v) is 5.49. The van der Waals surface area contributed by atoms with Gasteiger partial charge in [-0.15, -0.1) is 11.6 Å². The smallest absolute Gasteiger partial charge is 0.140 e. The van der Waals surface area contributed by atoms with E-state index in [9.17, 15) is 4.79 Å². The van der Waals surface area contributed by atoms with Crippen LogP contribution in [0.4, 0.5) is 0 Å². The zero-order valence-electron chi connectivity index (χ0n) is 7.98. The predicted molar refractivity (Wildman–Crippen MR) is 52.8 cm³/mol. The second-order valence-electron chi connectivity index (χ2n) is 4.38. The van der Waals surface area contributed by atoms with Crippen molar-refractivity contribution in [3.05, 3.63) is 0 Å². The average Bonchev–Trinajstić information content (AvgIpc) is 2.01. The molecule has 1 saturated heterocycles. The van der Waals surface area contributed by atoms with Crippen molar-refractivity contribution in [1.29, 1.82) is 0 Å². The van der Waals surface area contributed by atoms with E-state index in [1.165, 1.54) is 0 Å². The molecule has 0 amide bonds. The number of halogens is 1. The van der Waals surface area contributed by atoms with Gasteiger partial charge in [0.1, 0.15) is 10.8 Å². The Morgan fingerprint density at radius 2 is 2.31 bits per heavy atom. The molecule has 0 aromatic rings. The van der Waals surface area contributed by atoms with E-state index in [4.69, 9.17) is 11.6 Å². The number of carbonyl (C=O) groups excluding carboxylic acids is 1. The van der Waals surface area contributed by atoms with E-state index in [1.54, 1.807) is 0 Å². The lowest BCUT2D eigenvalue weighted by Gasteiger charge is -2.44. The number of alkyl halides is 1. The third-order valence-corrected chi connectivity index (χ3v) is 3.78. The second-order valence-corrected chi connectivity index (χ2v) is 5.05. The van der Waals surface area contributed by atoms with Gasteiger partial charge in [0.05, 0.1) is 0 Å². The van der Waals surface area contributed by atoms with Gasteiger partial charge in [0, 0.05) is 18.4 Å². The standard InChI is InChI=1S/C10H16ClNO/c1-7-6-9(13)8-4-2-3-5-10(8,11)12-7/h7-8,12H,2-6H2,1H3. The lowest BCUT2D eigenvalue weighted by Crippen LogP contribution is -2.59. The van der Waals surface area contributed by atoms with Crippen molar-refractivity contribution in [2.45, 2.75) is 50.1 Å². The second kappa shape index (κ2) is 3.25. The summed E-state index contributed by atoms with van der Waals surface area (Å²) in [6, 6.07) is 0.249. The van der Waals surface area contributed by atoms with E-state index >= 15 is 0 Å². The molecule has 1 heterocycles. The van der Waals surface area contributed by atoms with Crippen LogP contribution in [0.1, 0.15) is 39.0 Å². The number of carbonyl (C=O) groups is 1. The number of ketones is 1. The minimum absolute atomic E-state index is 0.0686. The van der Waals surface area contributed by atoms with Gasteiger partial charge in [-0.2, -0.15) is 0 Å². The molecular weight excluding hydrogens is 186 g/mol. The number of Topliss-reactive ketones (excluding diaryl/α,β-unsaturated/α-hetero) is 1. The third-order valence-electron chi connectivity index (χ3n) is 3.22. The summed E-state index contributed by atoms with van der Waals surface area (Å²) in [5, 5.41) is 3.37. The van der Waals surface area contributed by atoms with Gasteiger partial charge in [0.2, 0.25) is 0 Å². The van der Waals surface area contributed by atoms with Crippen LogP contribution < -0.4 is 5.32 Å². The number of fused-ring (bicyclic) bond motifs is 1. The monoisotopic (exact) mass is 201 g/mol. The lowest BCUT2D eigenvalue weighted by molar-refractivity contribution is -0.128. The number of hydrogen-bond acceptors (Lipinski definition) is 2. The molecule has 0 aromatic heterocycles. The Morgan fingerprint density at radius 3 is 3.08 bits per heavy atom. The predicted octanol–water partition coefficient (Wildman–Crippen LogP) is 2.06. The van der Waals surface area contributed by atoms with Crippen LogP contribution >= 0.6 is 11.6 Å². The first-order valence-electron chi connectivity index (χ1n) is 5.11. The zero-order chi connectivity index (χ0) is 9.47. The normalized spacial score (nSPS) is 45.8. The van der Waals surface area contributed by atoms with Gasteiger partial charge in [0.15, 0.2) is 0 Å². The molecule has 0 bridgehead atoms. The van der Waals surface area contributed by atoms with E-state index in [2.05, 4.69) is 5.32 Å². The minimum atomic E-state index is -0.410. The summed E-state index contributed by atoms with van der Waals surface area (Å²) in [7, 11) is 0. The van der Waals surface area contributed by atoms with Gasteiger partial charge in [0.25, 0.3) is 0 Å². The maximum Gasteiger partial charge on any atom is 0.140 e. The van der Waals surface area contributed by atoms with Crippen molar-refractivity contribution in [3.8, 4) is 0 Å². The molecule has 0 aromatic carbocycles. The van der Waals surface area contributed by atoms with Gasteiger partial charge in [-0.1, -0.05) is 12.8 Å². The first kappa shape index (κ1) is 9.47. The molecular formula is C10H16ClNO. The Labute approximate surface area is 84.0 Å². The molecule has 3 atom stereocenters. The SMILES string of the molecule is CC1CC(=O)C2CCCCC2(Cl)N1. The number of hydrogen-bond donors (Lipinski definition) is 1. The highest BCUT2D eigenvalue weighted by atomic mass is 35.5. The van der Waals surface area contributed by atoms with Crippen molar-refractivity contribution in [3.63, 3.8) is 0 Å². The highest BCUT2D eigenvalue weighted by Gasteiger charge is 2.46. The fourth-order valence-corrected chi connectivity index (χ4v) is 3.18. The van der Waals surface area contributed by atoms with E-state index in [-0.39, 0.29) is 12.0 Å². The van der Waals surface area contributed by atoms with Crippen LogP contribution in [-0.2, 0) is 4.79 Å². The molecule has 13 heavy (non-hydrogen) atoms. The molecule has 0 spiro atoms. The average molecular weight is 202 g/mol. The molecule has 1 aliphatic heterocycles. The summed E-state index contributed by atoms with van der Waals surface area (Å²) in [4.78, 5) is 11.3. The van der Waals surface area contributed by atoms with Crippen molar-refractivity contribution < 1.29 is 4.79 Å². The van der Waals surface area contributed by atoms with Crippen molar-refractivity contribution in [2.75, 3.05) is 0 Å². The Bertz CT molecular complexity index is 231. The molecule has 3 heteroatoms. The van der Waals surface area contributed by atoms with Crippen LogP contribution in [-0.4, -0.2) is 16.8 Å². The Kier molecular flexibility index (Phi) is 2.37. The van der Waals surface area contributed by atoms with Gasteiger partial charge in [-0.3, -0.25) is 10.1 Å². The maximum absolute atomic E-state index is 11.7. The van der Waals surface area contributed by atoms with Gasteiger partial charge in [-0.25, -0.2) is 0 Å². The molecule has 2 aliphatic rings. The van der Waals surface area contributed by atoms with Crippen LogP contribution in [0.2, 0.25) is 0 Å². The highest BCUT2D eigenvalue weighted by molar-refractivity contribution is 6.25. The topological polar surface area (TPSA) is 29.1 Å². The summed E-state index contributed by atoms with van der Waals surface area (Å²) in [5.74, 6) is 0.431. The van der Waals surface area contributed by atoms with E-state index in [0.717, 1.165) is 25.7 Å². The largest absolute Gasteiger partial charge is 0.299 e. The zero-order valence-corrected chi connectivity index (χ0v) is 8.73. The van der Waals surface area contributed by atoms with Gasteiger partial charge < -0.3 is 0 Å². The van der Waals surface area contributed by atoms with Crippen molar-refractivity contribution >= 4 is 17.4 Å². The van der Waals surface area contributed by atoms with Crippen LogP contribution in [0.25, 0.3) is 0 Å². The minimum Gasteiger partial charge on any atom is -0.299 e. The summed E-state index contributed by atoms with van der Waals surface area (Å²) >= 11 is 6.43. The summed E-state index contributed by atoms with van der Waals surface area (Å²) in [6.07, 6.45) is 4.87. The number of nitrogens with one attached hydrogen (secondary N) is 1. The van der Waals surface area contributed by atoms with E-state index < -0.39 is 5.00 Å². The van der Waals surface area contributed by atoms with Gasteiger partial charge in [-0.05, 0) is 19.8 Å². The third kappa shape index (κ3) is 1.62. The fraction of sp³-hybridized carbons (Fsp3) is 0.900. The Balaban J connectivity index is 2.20. The number of rotatable bonds is 0. The summed E-state index contributed by atoms with van der Waals surface area (Å²) in [5.41, 5.74) is 0. The molecule has 2 nitrogen and oxygen atoms in total. The van der Waals surface area contributed by atoms with Crippen LogP contribution in [0.15, 0.2) is 0 Å². The quantitative estimate of drug-likeness (QED) is 0.480. The molecule has 3 unspecified atom stereocenters. The van der Waals surface area contributed by atoms with Crippen LogP contribution in [0.5, 0.6) is 0 Å². The van der Waals surface area contributed by atoms with Crippen LogP contribution in [0.3, 0.4) is 0 Å². The summed E-state index contributed by atoms with van der Waals surface area (Å²) in [6.45, 7) is 2.03. The van der Waals surface area contributed by atoms with Crippen molar-refractivity contribution in [1.82, 2.24) is 5.32 Å². The Hall–Kier alpha value is -0.0800. The molecule has 1 aliphatic carbocycles. The molecule has 2 fully saturated rings.